The first-order chi connectivity index (χ1) is 9.89. The summed E-state index contributed by atoms with van der Waals surface area (Å²) >= 11 is 6.20. The summed E-state index contributed by atoms with van der Waals surface area (Å²) < 4.78 is 23.7. The van der Waals surface area contributed by atoms with Crippen LogP contribution in [0.4, 0.5) is 0 Å². The number of hydrogen-bond acceptors (Lipinski definition) is 3. The molecule has 1 aromatic rings. The van der Waals surface area contributed by atoms with Gasteiger partial charge in [-0.15, -0.1) is 0 Å². The van der Waals surface area contributed by atoms with Crippen LogP contribution >= 0.6 is 11.6 Å². The standard InChI is InChI=1S/C16H24ClNO2S/c1-12(13-7-4-3-5-8-13)18-11-14-15(17)9-6-10-16(14)21(2,19)20/h6,9-10,12-13,18H,3-5,7-8,11H2,1-2H3. The number of nitrogens with one attached hydrogen (secondary N) is 1. The summed E-state index contributed by atoms with van der Waals surface area (Å²) in [6, 6.07) is 5.45. The van der Waals surface area contributed by atoms with E-state index in [-0.39, 0.29) is 0 Å². The van der Waals surface area contributed by atoms with Crippen molar-refractivity contribution in [1.82, 2.24) is 5.32 Å². The molecule has 0 radical (unpaired) electrons. The van der Waals surface area contributed by atoms with Gasteiger partial charge in [-0.25, -0.2) is 8.42 Å². The Kier molecular flexibility index (Phi) is 5.69. The highest BCUT2D eigenvalue weighted by atomic mass is 35.5. The Balaban J connectivity index is 2.09. The van der Waals surface area contributed by atoms with E-state index in [2.05, 4.69) is 12.2 Å². The molecule has 0 aliphatic heterocycles. The van der Waals surface area contributed by atoms with Crippen molar-refractivity contribution < 1.29 is 8.42 Å². The maximum absolute atomic E-state index is 11.9. The number of sulfone groups is 1. The van der Waals surface area contributed by atoms with Crippen LogP contribution in [0, 0.1) is 5.92 Å². The first-order valence-corrected chi connectivity index (χ1v) is 9.87. The van der Waals surface area contributed by atoms with Gasteiger partial charge in [0, 0.05) is 29.4 Å². The Morgan fingerprint density at radius 2 is 1.95 bits per heavy atom. The zero-order valence-electron chi connectivity index (χ0n) is 12.7. The molecule has 0 aromatic heterocycles. The summed E-state index contributed by atoms with van der Waals surface area (Å²) in [7, 11) is -3.25. The van der Waals surface area contributed by atoms with Gasteiger partial charge in [0.2, 0.25) is 0 Å². The molecular weight excluding hydrogens is 306 g/mol. The molecule has 1 N–H and O–H groups in total. The zero-order valence-corrected chi connectivity index (χ0v) is 14.3. The monoisotopic (exact) mass is 329 g/mol. The summed E-state index contributed by atoms with van der Waals surface area (Å²) in [5.74, 6) is 0.683. The van der Waals surface area contributed by atoms with Crippen LogP contribution in [0.3, 0.4) is 0 Å². The molecule has 0 amide bonds. The first kappa shape index (κ1) is 16.8. The molecule has 21 heavy (non-hydrogen) atoms. The maximum Gasteiger partial charge on any atom is 0.175 e. The second kappa shape index (κ2) is 7.12. The quantitative estimate of drug-likeness (QED) is 0.893. The summed E-state index contributed by atoms with van der Waals surface area (Å²) in [5, 5.41) is 3.99. The predicted octanol–water partition coefficient (Wildman–Crippen LogP) is 3.80. The lowest BCUT2D eigenvalue weighted by atomic mass is 9.84. The van der Waals surface area contributed by atoms with Crippen LogP contribution in [-0.4, -0.2) is 20.7 Å². The van der Waals surface area contributed by atoms with Gasteiger partial charge in [-0.1, -0.05) is 36.9 Å². The molecule has 1 aliphatic rings. The van der Waals surface area contributed by atoms with Crippen LogP contribution in [0.5, 0.6) is 0 Å². The van der Waals surface area contributed by atoms with Crippen molar-refractivity contribution in [2.75, 3.05) is 6.26 Å². The van der Waals surface area contributed by atoms with Gasteiger partial charge < -0.3 is 5.32 Å². The predicted molar refractivity (Wildman–Crippen MR) is 87.4 cm³/mol. The van der Waals surface area contributed by atoms with E-state index >= 15 is 0 Å². The third-order valence-corrected chi connectivity index (χ3v) is 5.97. The van der Waals surface area contributed by atoms with Crippen molar-refractivity contribution in [3.63, 3.8) is 0 Å². The summed E-state index contributed by atoms with van der Waals surface area (Å²) in [6.45, 7) is 2.69. The molecule has 3 nitrogen and oxygen atoms in total. The molecule has 1 fully saturated rings. The zero-order chi connectivity index (χ0) is 15.5. The van der Waals surface area contributed by atoms with Crippen molar-refractivity contribution in [2.45, 2.75) is 56.5 Å². The van der Waals surface area contributed by atoms with Crippen LogP contribution in [0.25, 0.3) is 0 Å². The first-order valence-electron chi connectivity index (χ1n) is 7.60. The highest BCUT2D eigenvalue weighted by molar-refractivity contribution is 7.90. The largest absolute Gasteiger partial charge is 0.310 e. The fraction of sp³-hybridized carbons (Fsp3) is 0.625. The molecule has 0 saturated heterocycles. The number of benzene rings is 1. The van der Waals surface area contributed by atoms with Gasteiger partial charge in [0.1, 0.15) is 0 Å². The average Bonchev–Trinajstić information content (AvgIpc) is 2.45. The second-order valence-corrected chi connectivity index (χ2v) is 8.45. The molecule has 118 valence electrons. The number of rotatable bonds is 5. The minimum atomic E-state index is -3.25. The van der Waals surface area contributed by atoms with Gasteiger partial charge in [0.05, 0.1) is 4.90 Å². The molecular formula is C16H24ClNO2S. The Morgan fingerprint density at radius 3 is 2.57 bits per heavy atom. The van der Waals surface area contributed by atoms with E-state index in [4.69, 9.17) is 11.6 Å². The van der Waals surface area contributed by atoms with E-state index in [0.717, 1.165) is 0 Å². The van der Waals surface area contributed by atoms with Gasteiger partial charge >= 0.3 is 0 Å². The lowest BCUT2D eigenvalue weighted by Gasteiger charge is -2.28. The van der Waals surface area contributed by atoms with Gasteiger partial charge in [-0.2, -0.15) is 0 Å². The van der Waals surface area contributed by atoms with E-state index in [1.165, 1.54) is 38.4 Å². The minimum absolute atomic E-state index is 0.332. The molecule has 1 atom stereocenters. The van der Waals surface area contributed by atoms with Crippen molar-refractivity contribution in [1.29, 1.82) is 0 Å². The Labute approximate surface area is 133 Å². The van der Waals surface area contributed by atoms with Crippen molar-refractivity contribution >= 4 is 21.4 Å². The highest BCUT2D eigenvalue weighted by Crippen LogP contribution is 2.28. The lowest BCUT2D eigenvalue weighted by molar-refractivity contribution is 0.280. The SMILES string of the molecule is CC(NCc1c(Cl)cccc1S(C)(=O)=O)C1CCCCC1. The van der Waals surface area contributed by atoms with Gasteiger partial charge in [-0.3, -0.25) is 0 Å². The molecule has 1 aliphatic carbocycles. The molecule has 1 saturated carbocycles. The van der Waals surface area contributed by atoms with Crippen molar-refractivity contribution in [3.8, 4) is 0 Å². The van der Waals surface area contributed by atoms with E-state index in [0.29, 0.717) is 34.0 Å². The molecule has 0 spiro atoms. The minimum Gasteiger partial charge on any atom is -0.310 e. The van der Waals surface area contributed by atoms with Crippen LogP contribution < -0.4 is 5.32 Å². The van der Waals surface area contributed by atoms with Crippen LogP contribution in [0.2, 0.25) is 5.02 Å². The summed E-state index contributed by atoms with van der Waals surface area (Å²) in [5.41, 5.74) is 0.685. The van der Waals surface area contributed by atoms with Crippen molar-refractivity contribution in [3.05, 3.63) is 28.8 Å². The van der Waals surface area contributed by atoms with E-state index < -0.39 is 9.84 Å². The maximum atomic E-state index is 11.9. The van der Waals surface area contributed by atoms with E-state index in [1.807, 2.05) is 0 Å². The van der Waals surface area contributed by atoms with Crippen LogP contribution in [0.15, 0.2) is 23.1 Å². The van der Waals surface area contributed by atoms with Crippen LogP contribution in [0.1, 0.15) is 44.6 Å². The smallest absolute Gasteiger partial charge is 0.175 e. The normalized spacial score (nSPS) is 18.6. The summed E-state index contributed by atoms with van der Waals surface area (Å²) in [4.78, 5) is 0.332. The third kappa shape index (κ3) is 4.44. The van der Waals surface area contributed by atoms with Gasteiger partial charge in [0.25, 0.3) is 0 Å². The average molecular weight is 330 g/mol. The fourth-order valence-corrected chi connectivity index (χ4v) is 4.37. The molecule has 0 heterocycles. The Morgan fingerprint density at radius 1 is 1.29 bits per heavy atom. The van der Waals surface area contributed by atoms with Crippen LogP contribution in [-0.2, 0) is 16.4 Å². The number of hydrogen-bond donors (Lipinski definition) is 1. The van der Waals surface area contributed by atoms with Gasteiger partial charge in [-0.05, 0) is 37.8 Å². The van der Waals surface area contributed by atoms with E-state index in [9.17, 15) is 8.42 Å². The molecule has 1 aromatic carbocycles. The number of halogens is 1. The Hall–Kier alpha value is -0.580. The topological polar surface area (TPSA) is 46.2 Å². The second-order valence-electron chi connectivity index (χ2n) is 6.06. The fourth-order valence-electron chi connectivity index (χ4n) is 3.12. The highest BCUT2D eigenvalue weighted by Gasteiger charge is 2.21. The molecule has 2 rings (SSSR count). The van der Waals surface area contributed by atoms with Crippen molar-refractivity contribution in [2.24, 2.45) is 5.92 Å². The molecule has 0 bridgehead atoms. The van der Waals surface area contributed by atoms with E-state index in [1.54, 1.807) is 18.2 Å². The summed E-state index contributed by atoms with van der Waals surface area (Å²) in [6.07, 6.45) is 7.69. The molecule has 5 heteroatoms. The Bertz CT molecular complexity index is 580. The van der Waals surface area contributed by atoms with Gasteiger partial charge in [0.15, 0.2) is 9.84 Å². The lowest BCUT2D eigenvalue weighted by Crippen LogP contribution is -2.34. The third-order valence-electron chi connectivity index (χ3n) is 4.43. The molecule has 1 unspecified atom stereocenters.